The number of nitrogen functional groups attached to an aromatic ring is 1. The van der Waals surface area contributed by atoms with Crippen LogP contribution in [-0.2, 0) is 6.54 Å². The number of anilines is 3. The topological polar surface area (TPSA) is 120 Å². The van der Waals surface area contributed by atoms with Crippen LogP contribution in [0.25, 0.3) is 0 Å². The van der Waals surface area contributed by atoms with Gasteiger partial charge in [-0.1, -0.05) is 19.1 Å². The quantitative estimate of drug-likeness (QED) is 0.629. The highest BCUT2D eigenvalue weighted by atomic mass is 16.3. The minimum atomic E-state index is -1.01. The van der Waals surface area contributed by atoms with E-state index in [1.807, 2.05) is 43.0 Å². The van der Waals surface area contributed by atoms with Gasteiger partial charge in [0.05, 0.1) is 18.2 Å². The Bertz CT molecular complexity index is 771. The Hall–Kier alpha value is -2.29. The van der Waals surface area contributed by atoms with Crippen molar-refractivity contribution >= 4 is 17.6 Å². The first-order valence-electron chi connectivity index (χ1n) is 8.85. The molecule has 5 N–H and O–H groups in total. The van der Waals surface area contributed by atoms with Gasteiger partial charge in [0.25, 0.3) is 0 Å². The molecule has 2 atom stereocenters. The van der Waals surface area contributed by atoms with E-state index in [1.165, 1.54) is 0 Å². The van der Waals surface area contributed by atoms with Gasteiger partial charge in [-0.05, 0) is 37.5 Å². The highest BCUT2D eigenvalue weighted by molar-refractivity contribution is 5.54. The van der Waals surface area contributed by atoms with E-state index in [0.717, 1.165) is 11.3 Å². The van der Waals surface area contributed by atoms with Crippen molar-refractivity contribution < 1.29 is 10.2 Å². The molecule has 2 aromatic rings. The normalized spacial score (nSPS) is 23.8. The number of piperidine rings is 1. The summed E-state index contributed by atoms with van der Waals surface area (Å²) in [5.41, 5.74) is 6.83. The minimum Gasteiger partial charge on any atom is -0.389 e. The van der Waals surface area contributed by atoms with Crippen LogP contribution in [0.15, 0.2) is 24.3 Å². The van der Waals surface area contributed by atoms with E-state index >= 15 is 0 Å². The molecule has 0 amide bonds. The largest absolute Gasteiger partial charge is 0.389 e. The summed E-state index contributed by atoms with van der Waals surface area (Å²) in [5, 5.41) is 23.7. The second-order valence-corrected chi connectivity index (χ2v) is 6.89. The molecule has 0 radical (unpaired) electrons. The summed E-state index contributed by atoms with van der Waals surface area (Å²) in [6.45, 7) is 5.36. The van der Waals surface area contributed by atoms with Gasteiger partial charge in [-0.2, -0.15) is 15.0 Å². The number of likely N-dealkylation sites (tertiary alicyclic amines) is 1. The molecule has 1 aromatic carbocycles. The lowest BCUT2D eigenvalue weighted by atomic mass is 9.86. The Labute approximate surface area is 153 Å². The molecule has 1 aromatic heterocycles. The van der Waals surface area contributed by atoms with Crippen LogP contribution >= 0.6 is 0 Å². The zero-order chi connectivity index (χ0) is 18.7. The zero-order valence-corrected chi connectivity index (χ0v) is 15.2. The summed E-state index contributed by atoms with van der Waals surface area (Å²) < 4.78 is 0. The molecule has 0 spiro atoms. The number of aliphatic hydroxyl groups excluding tert-OH is 1. The van der Waals surface area contributed by atoms with E-state index in [1.54, 1.807) is 0 Å². The number of nitrogens with zero attached hydrogens (tertiary/aromatic N) is 4. The standard InChI is InChI=1S/C18H26N6O2/c1-3-18(26)7-8-24(10-14(18)25)11-15-21-16(19)23-17(22-15)20-13-6-4-5-12(2)9-13/h4-6,9,14,25-26H,3,7-8,10-11H2,1-2H3,(H3,19,20,21,22,23)/t14-,18-/m1/s1. The molecule has 2 heterocycles. The maximum Gasteiger partial charge on any atom is 0.232 e. The molecule has 1 saturated heterocycles. The fourth-order valence-corrected chi connectivity index (χ4v) is 3.20. The molecular weight excluding hydrogens is 332 g/mol. The van der Waals surface area contributed by atoms with Crippen LogP contribution < -0.4 is 11.1 Å². The Balaban J connectivity index is 1.70. The average Bonchev–Trinajstić information content (AvgIpc) is 2.58. The Morgan fingerprint density at radius 2 is 2.15 bits per heavy atom. The van der Waals surface area contributed by atoms with Crippen molar-refractivity contribution in [3.8, 4) is 0 Å². The molecule has 140 valence electrons. The van der Waals surface area contributed by atoms with Crippen molar-refractivity contribution in [1.29, 1.82) is 0 Å². The second-order valence-electron chi connectivity index (χ2n) is 6.89. The summed E-state index contributed by atoms with van der Waals surface area (Å²) in [5.74, 6) is 1.07. The van der Waals surface area contributed by atoms with E-state index in [9.17, 15) is 10.2 Å². The van der Waals surface area contributed by atoms with Gasteiger partial charge < -0.3 is 21.3 Å². The number of hydrogen-bond acceptors (Lipinski definition) is 8. The Morgan fingerprint density at radius 1 is 1.35 bits per heavy atom. The number of aryl methyl sites for hydroxylation is 1. The van der Waals surface area contributed by atoms with Gasteiger partial charge >= 0.3 is 0 Å². The molecule has 26 heavy (non-hydrogen) atoms. The first-order valence-corrected chi connectivity index (χ1v) is 8.85. The predicted octanol–water partition coefficient (Wildman–Crippen LogP) is 1.21. The zero-order valence-electron chi connectivity index (χ0n) is 15.2. The number of β-amino-alcohol motifs (C(OH)–C–C–N with tert-alkyl or cyclic N) is 1. The molecule has 0 unspecified atom stereocenters. The lowest BCUT2D eigenvalue weighted by molar-refractivity contribution is -0.122. The molecule has 1 aliphatic rings. The number of nitrogens with one attached hydrogen (secondary N) is 1. The summed E-state index contributed by atoms with van der Waals surface area (Å²) in [6, 6.07) is 7.89. The van der Waals surface area contributed by atoms with Crippen LogP contribution in [0.1, 0.15) is 31.2 Å². The lowest BCUT2D eigenvalue weighted by Gasteiger charge is -2.41. The van der Waals surface area contributed by atoms with Crippen LogP contribution in [0, 0.1) is 6.92 Å². The first kappa shape index (κ1) is 18.5. The summed E-state index contributed by atoms with van der Waals surface area (Å²) in [4.78, 5) is 14.8. The third-order valence-corrected chi connectivity index (χ3v) is 4.86. The lowest BCUT2D eigenvalue weighted by Crippen LogP contribution is -2.54. The van der Waals surface area contributed by atoms with Crippen LogP contribution in [0.5, 0.6) is 0 Å². The number of benzene rings is 1. The van der Waals surface area contributed by atoms with Crippen molar-refractivity contribution in [2.45, 2.75) is 44.9 Å². The molecule has 1 fully saturated rings. The van der Waals surface area contributed by atoms with Crippen LogP contribution in [0.3, 0.4) is 0 Å². The van der Waals surface area contributed by atoms with Gasteiger partial charge in [0, 0.05) is 18.8 Å². The van der Waals surface area contributed by atoms with Gasteiger partial charge in [0.2, 0.25) is 11.9 Å². The van der Waals surface area contributed by atoms with Crippen LogP contribution in [0.4, 0.5) is 17.6 Å². The number of aromatic nitrogens is 3. The molecule has 1 aliphatic heterocycles. The SMILES string of the molecule is CC[C@@]1(O)CCN(Cc2nc(N)nc(Nc3cccc(C)c3)n2)C[C@H]1O. The summed E-state index contributed by atoms with van der Waals surface area (Å²) in [6.07, 6.45) is 0.260. The van der Waals surface area contributed by atoms with Crippen molar-refractivity contribution in [3.63, 3.8) is 0 Å². The Kier molecular flexibility index (Phi) is 5.36. The third-order valence-electron chi connectivity index (χ3n) is 4.86. The molecule has 0 saturated carbocycles. The maximum atomic E-state index is 10.4. The van der Waals surface area contributed by atoms with Crippen molar-refractivity contribution in [2.75, 3.05) is 24.1 Å². The fourth-order valence-electron chi connectivity index (χ4n) is 3.20. The van der Waals surface area contributed by atoms with Crippen molar-refractivity contribution in [2.24, 2.45) is 0 Å². The van der Waals surface area contributed by atoms with Gasteiger partial charge in [0.15, 0.2) is 0 Å². The maximum absolute atomic E-state index is 10.4. The number of aliphatic hydroxyl groups is 2. The second kappa shape index (κ2) is 7.53. The van der Waals surface area contributed by atoms with Gasteiger partial charge in [-0.25, -0.2) is 0 Å². The van der Waals surface area contributed by atoms with Crippen molar-refractivity contribution in [1.82, 2.24) is 19.9 Å². The highest BCUT2D eigenvalue weighted by Crippen LogP contribution is 2.26. The summed E-state index contributed by atoms with van der Waals surface area (Å²) >= 11 is 0. The molecule has 3 rings (SSSR count). The van der Waals surface area contributed by atoms with E-state index < -0.39 is 11.7 Å². The monoisotopic (exact) mass is 358 g/mol. The first-order chi connectivity index (χ1) is 12.4. The smallest absolute Gasteiger partial charge is 0.232 e. The Morgan fingerprint density at radius 3 is 2.85 bits per heavy atom. The van der Waals surface area contributed by atoms with Gasteiger partial charge in [-0.15, -0.1) is 0 Å². The van der Waals surface area contributed by atoms with Crippen LogP contribution in [0.2, 0.25) is 0 Å². The minimum absolute atomic E-state index is 0.146. The van der Waals surface area contributed by atoms with Gasteiger partial charge in [-0.3, -0.25) is 4.90 Å². The summed E-state index contributed by atoms with van der Waals surface area (Å²) in [7, 11) is 0. The number of rotatable bonds is 5. The predicted molar refractivity (Wildman–Crippen MR) is 99.8 cm³/mol. The average molecular weight is 358 g/mol. The van der Waals surface area contributed by atoms with Crippen molar-refractivity contribution in [3.05, 3.63) is 35.7 Å². The van der Waals surface area contributed by atoms with E-state index in [-0.39, 0.29) is 5.95 Å². The van der Waals surface area contributed by atoms with E-state index in [0.29, 0.717) is 44.2 Å². The molecule has 0 aliphatic carbocycles. The van der Waals surface area contributed by atoms with Gasteiger partial charge in [0.1, 0.15) is 5.82 Å². The molecular formula is C18H26N6O2. The fraction of sp³-hybridized carbons (Fsp3) is 0.500. The molecule has 8 heteroatoms. The van der Waals surface area contributed by atoms with Crippen LogP contribution in [-0.4, -0.2) is 54.9 Å². The number of hydrogen-bond donors (Lipinski definition) is 4. The molecule has 8 nitrogen and oxygen atoms in total. The van der Waals surface area contributed by atoms with E-state index in [2.05, 4.69) is 20.3 Å². The van der Waals surface area contributed by atoms with E-state index in [4.69, 9.17) is 5.73 Å². The highest BCUT2D eigenvalue weighted by Gasteiger charge is 2.39. The number of nitrogens with two attached hydrogens (primary N) is 1. The molecule has 0 bridgehead atoms. The third kappa shape index (κ3) is 4.27.